The number of hydrogen-bond donors (Lipinski definition) is 1. The Morgan fingerprint density at radius 3 is 2.68 bits per heavy atom. The van der Waals surface area contributed by atoms with Gasteiger partial charge in [-0.15, -0.1) is 11.8 Å². The van der Waals surface area contributed by atoms with Gasteiger partial charge in [0.05, 0.1) is 11.4 Å². The Morgan fingerprint density at radius 1 is 1.11 bits per heavy atom. The minimum atomic E-state index is -0.123. The first-order chi connectivity index (χ1) is 13.6. The molecule has 0 aliphatic heterocycles. The van der Waals surface area contributed by atoms with E-state index in [0.717, 1.165) is 15.7 Å². The maximum absolute atomic E-state index is 12.6. The zero-order valence-corrected chi connectivity index (χ0v) is 16.6. The second-order valence-electron chi connectivity index (χ2n) is 6.11. The Hall–Kier alpha value is -2.83. The van der Waals surface area contributed by atoms with E-state index < -0.39 is 0 Å². The molecule has 0 bridgehead atoms. The first-order valence-electron chi connectivity index (χ1n) is 8.61. The fourth-order valence-electron chi connectivity index (χ4n) is 2.91. The van der Waals surface area contributed by atoms with Crippen LogP contribution < -0.4 is 5.32 Å². The number of carbonyl (C=O) groups is 1. The van der Waals surface area contributed by atoms with Gasteiger partial charge in [0.1, 0.15) is 0 Å². The molecule has 1 amide bonds. The molecule has 0 spiro atoms. The van der Waals surface area contributed by atoms with Crippen LogP contribution in [0, 0.1) is 6.92 Å². The Labute approximate surface area is 171 Å². The summed E-state index contributed by atoms with van der Waals surface area (Å²) in [6.07, 6.45) is 0. The molecular formula is C21H16ClN3O2S. The highest BCUT2D eigenvalue weighted by Crippen LogP contribution is 2.33. The predicted molar refractivity (Wildman–Crippen MR) is 113 cm³/mol. The Balaban J connectivity index is 1.51. The van der Waals surface area contributed by atoms with Crippen LogP contribution in [0.1, 0.15) is 5.89 Å². The van der Waals surface area contributed by atoms with Crippen molar-refractivity contribution in [1.82, 2.24) is 10.1 Å². The molecule has 140 valence electrons. The average molecular weight is 410 g/mol. The lowest BCUT2D eigenvalue weighted by molar-refractivity contribution is -0.113. The summed E-state index contributed by atoms with van der Waals surface area (Å²) in [6.45, 7) is 1.73. The standard InChI is InChI=1S/C21H16ClN3O2S/c1-13-23-21(25-27-13)15-8-2-3-10-17(15)24-19(26)12-28-18-11-5-7-14-6-4-9-16(22)20(14)18/h2-11H,12H2,1H3,(H,24,26). The van der Waals surface area contributed by atoms with Crippen LogP contribution in [0.15, 0.2) is 70.1 Å². The Kier molecular flexibility index (Phi) is 5.32. The average Bonchev–Trinajstić information content (AvgIpc) is 3.13. The lowest BCUT2D eigenvalue weighted by Gasteiger charge is -2.10. The number of hydrogen-bond acceptors (Lipinski definition) is 5. The van der Waals surface area contributed by atoms with Gasteiger partial charge in [-0.3, -0.25) is 4.79 Å². The van der Waals surface area contributed by atoms with E-state index in [2.05, 4.69) is 15.5 Å². The molecule has 1 N–H and O–H groups in total. The molecule has 0 radical (unpaired) electrons. The summed E-state index contributed by atoms with van der Waals surface area (Å²) in [5, 5.41) is 9.57. The number of thioether (sulfide) groups is 1. The summed E-state index contributed by atoms with van der Waals surface area (Å²) in [4.78, 5) is 17.8. The number of amides is 1. The molecule has 0 saturated carbocycles. The summed E-state index contributed by atoms with van der Waals surface area (Å²) in [5.41, 5.74) is 1.36. The monoisotopic (exact) mass is 409 g/mol. The molecule has 1 heterocycles. The second kappa shape index (κ2) is 8.04. The van der Waals surface area contributed by atoms with E-state index in [1.807, 2.05) is 60.7 Å². The first-order valence-corrected chi connectivity index (χ1v) is 9.98. The number of nitrogens with one attached hydrogen (secondary N) is 1. The molecule has 3 aromatic carbocycles. The van der Waals surface area contributed by atoms with Crippen molar-refractivity contribution in [1.29, 1.82) is 0 Å². The number of aryl methyl sites for hydroxylation is 1. The number of benzene rings is 3. The molecule has 0 aliphatic carbocycles. The van der Waals surface area contributed by atoms with Crippen LogP contribution in [-0.2, 0) is 4.79 Å². The third-order valence-electron chi connectivity index (χ3n) is 4.14. The van der Waals surface area contributed by atoms with Crippen LogP contribution >= 0.6 is 23.4 Å². The van der Waals surface area contributed by atoms with Crippen molar-refractivity contribution in [3.8, 4) is 11.4 Å². The quantitative estimate of drug-likeness (QED) is 0.435. The molecule has 0 aliphatic rings. The maximum Gasteiger partial charge on any atom is 0.234 e. The van der Waals surface area contributed by atoms with Gasteiger partial charge in [0.25, 0.3) is 0 Å². The van der Waals surface area contributed by atoms with Crippen LogP contribution in [0.2, 0.25) is 5.02 Å². The van der Waals surface area contributed by atoms with E-state index in [1.54, 1.807) is 6.92 Å². The van der Waals surface area contributed by atoms with Crippen LogP contribution in [0.4, 0.5) is 5.69 Å². The zero-order valence-electron chi connectivity index (χ0n) is 15.0. The molecule has 5 nitrogen and oxygen atoms in total. The molecule has 0 atom stereocenters. The van der Waals surface area contributed by atoms with Crippen molar-refractivity contribution in [3.63, 3.8) is 0 Å². The molecular weight excluding hydrogens is 394 g/mol. The SMILES string of the molecule is Cc1nc(-c2ccccc2NC(=O)CSc2cccc3cccc(Cl)c23)no1. The Bertz CT molecular complexity index is 1150. The molecule has 0 saturated heterocycles. The molecule has 28 heavy (non-hydrogen) atoms. The zero-order chi connectivity index (χ0) is 19.5. The fraction of sp³-hybridized carbons (Fsp3) is 0.0952. The van der Waals surface area contributed by atoms with Gasteiger partial charge in [0.15, 0.2) is 0 Å². The third kappa shape index (κ3) is 3.88. The highest BCUT2D eigenvalue weighted by Gasteiger charge is 2.14. The van der Waals surface area contributed by atoms with Crippen molar-refractivity contribution < 1.29 is 9.32 Å². The van der Waals surface area contributed by atoms with E-state index in [1.165, 1.54) is 11.8 Å². The van der Waals surface area contributed by atoms with E-state index in [0.29, 0.717) is 28.0 Å². The van der Waals surface area contributed by atoms with Gasteiger partial charge >= 0.3 is 0 Å². The van der Waals surface area contributed by atoms with E-state index in [4.69, 9.17) is 16.1 Å². The van der Waals surface area contributed by atoms with Crippen molar-refractivity contribution in [2.75, 3.05) is 11.1 Å². The number of para-hydroxylation sites is 1. The van der Waals surface area contributed by atoms with Crippen LogP contribution in [0.3, 0.4) is 0 Å². The van der Waals surface area contributed by atoms with Crippen LogP contribution in [-0.4, -0.2) is 21.8 Å². The second-order valence-corrected chi connectivity index (χ2v) is 7.54. The van der Waals surface area contributed by atoms with Crippen molar-refractivity contribution in [3.05, 3.63) is 71.6 Å². The van der Waals surface area contributed by atoms with Gasteiger partial charge in [0.2, 0.25) is 17.6 Å². The lowest BCUT2D eigenvalue weighted by atomic mass is 10.1. The number of rotatable bonds is 5. The molecule has 0 unspecified atom stereocenters. The summed E-state index contributed by atoms with van der Waals surface area (Å²) in [6, 6.07) is 19.1. The largest absolute Gasteiger partial charge is 0.339 e. The molecule has 4 aromatic rings. The third-order valence-corrected chi connectivity index (χ3v) is 5.52. The van der Waals surface area contributed by atoms with Gasteiger partial charge in [-0.25, -0.2) is 0 Å². The first kappa shape index (κ1) is 18.5. The van der Waals surface area contributed by atoms with Gasteiger partial charge < -0.3 is 9.84 Å². The highest BCUT2D eigenvalue weighted by molar-refractivity contribution is 8.00. The molecule has 4 rings (SSSR count). The lowest BCUT2D eigenvalue weighted by Crippen LogP contribution is -2.14. The topological polar surface area (TPSA) is 68.0 Å². The normalized spacial score (nSPS) is 10.9. The van der Waals surface area contributed by atoms with E-state index in [-0.39, 0.29) is 11.7 Å². The number of aromatic nitrogens is 2. The van der Waals surface area contributed by atoms with Gasteiger partial charge in [0, 0.05) is 27.8 Å². The highest BCUT2D eigenvalue weighted by atomic mass is 35.5. The van der Waals surface area contributed by atoms with Crippen LogP contribution in [0.25, 0.3) is 22.2 Å². The van der Waals surface area contributed by atoms with Crippen LogP contribution in [0.5, 0.6) is 0 Å². The number of carbonyl (C=O) groups excluding carboxylic acids is 1. The number of nitrogens with zero attached hydrogens (tertiary/aromatic N) is 2. The number of fused-ring (bicyclic) bond motifs is 1. The minimum absolute atomic E-state index is 0.123. The summed E-state index contributed by atoms with van der Waals surface area (Å²) in [7, 11) is 0. The summed E-state index contributed by atoms with van der Waals surface area (Å²) < 4.78 is 5.05. The van der Waals surface area contributed by atoms with Gasteiger partial charge in [-0.1, -0.05) is 53.2 Å². The van der Waals surface area contributed by atoms with E-state index >= 15 is 0 Å². The van der Waals surface area contributed by atoms with Crippen molar-refractivity contribution >= 4 is 45.7 Å². The Morgan fingerprint density at radius 2 is 1.89 bits per heavy atom. The smallest absolute Gasteiger partial charge is 0.234 e. The van der Waals surface area contributed by atoms with Crippen molar-refractivity contribution in [2.24, 2.45) is 0 Å². The van der Waals surface area contributed by atoms with Gasteiger partial charge in [-0.2, -0.15) is 4.98 Å². The number of anilines is 1. The fourth-order valence-corrected chi connectivity index (χ4v) is 4.15. The van der Waals surface area contributed by atoms with Crippen molar-refractivity contribution in [2.45, 2.75) is 11.8 Å². The molecule has 7 heteroatoms. The number of halogens is 1. The summed E-state index contributed by atoms with van der Waals surface area (Å²) in [5.74, 6) is 1.05. The van der Waals surface area contributed by atoms with E-state index in [9.17, 15) is 4.79 Å². The maximum atomic E-state index is 12.6. The molecule has 1 aromatic heterocycles. The molecule has 0 fully saturated rings. The minimum Gasteiger partial charge on any atom is -0.339 e. The predicted octanol–water partition coefficient (Wildman–Crippen LogP) is 5.58. The summed E-state index contributed by atoms with van der Waals surface area (Å²) >= 11 is 7.81. The van der Waals surface area contributed by atoms with Gasteiger partial charge in [-0.05, 0) is 29.7 Å².